The molecule has 2 heterocycles. The van der Waals surface area contributed by atoms with E-state index in [-0.39, 0.29) is 5.56 Å². The largest absolute Gasteiger partial charge is 0.478 e. The molecule has 1 aliphatic rings. The van der Waals surface area contributed by atoms with Crippen LogP contribution in [0.5, 0.6) is 0 Å². The summed E-state index contributed by atoms with van der Waals surface area (Å²) in [4.78, 5) is 16.6. The quantitative estimate of drug-likeness (QED) is 0.787. The summed E-state index contributed by atoms with van der Waals surface area (Å²) in [7, 11) is 2.17. The van der Waals surface area contributed by atoms with E-state index < -0.39 is 5.97 Å². The predicted molar refractivity (Wildman–Crippen MR) is 62.7 cm³/mol. The van der Waals surface area contributed by atoms with E-state index in [1.807, 2.05) is 0 Å². The number of carboxylic acid groups (broad SMARTS) is 1. The molecule has 88 valence electrons. The van der Waals surface area contributed by atoms with Gasteiger partial charge in [-0.1, -0.05) is 0 Å². The van der Waals surface area contributed by atoms with Crippen molar-refractivity contribution in [3.05, 3.63) is 29.6 Å². The summed E-state index contributed by atoms with van der Waals surface area (Å²) in [5, 5.41) is 8.53. The summed E-state index contributed by atoms with van der Waals surface area (Å²) in [5.74, 6) is -0.925. The number of pyridine rings is 1. The molecule has 0 bridgehead atoms. The maximum absolute atomic E-state index is 10.4. The van der Waals surface area contributed by atoms with E-state index in [1.165, 1.54) is 32.0 Å². The topological polar surface area (TPSA) is 53.4 Å². The normalized spacial score (nSPS) is 15.4. The van der Waals surface area contributed by atoms with E-state index in [4.69, 9.17) is 5.11 Å². The highest BCUT2D eigenvalue weighted by atomic mass is 16.4. The molecule has 1 fully saturated rings. The molecule has 4 nitrogen and oxygen atoms in total. The summed E-state index contributed by atoms with van der Waals surface area (Å²) < 4.78 is 0. The van der Waals surface area contributed by atoms with Crippen LogP contribution in [0.15, 0.2) is 18.3 Å². The van der Waals surface area contributed by atoms with Gasteiger partial charge in [0.25, 0.3) is 0 Å². The molecular formula is C12H18N2O2. The summed E-state index contributed by atoms with van der Waals surface area (Å²) in [6.07, 6.45) is 4.40. The number of hydrogen-bond donors (Lipinski definition) is 1. The molecule has 1 aliphatic heterocycles. The van der Waals surface area contributed by atoms with Crippen LogP contribution >= 0.6 is 0 Å². The molecule has 1 aromatic rings. The second-order valence-corrected chi connectivity index (χ2v) is 3.95. The Bertz CT molecular complexity index is 347. The summed E-state index contributed by atoms with van der Waals surface area (Å²) in [6, 6.07) is 3.14. The minimum atomic E-state index is -0.925. The van der Waals surface area contributed by atoms with Gasteiger partial charge in [-0.2, -0.15) is 0 Å². The van der Waals surface area contributed by atoms with Gasteiger partial charge in [-0.15, -0.1) is 0 Å². The van der Waals surface area contributed by atoms with Crippen molar-refractivity contribution in [2.45, 2.75) is 19.8 Å². The lowest BCUT2D eigenvalue weighted by molar-refractivity contribution is 0.0695. The number of aromatic nitrogens is 1. The van der Waals surface area contributed by atoms with E-state index in [2.05, 4.69) is 16.9 Å². The lowest BCUT2D eigenvalue weighted by Gasteiger charge is -2.01. The van der Waals surface area contributed by atoms with Gasteiger partial charge in [0.15, 0.2) is 0 Å². The molecule has 2 rings (SSSR count). The number of carboxylic acids is 1. The maximum Gasteiger partial charge on any atom is 0.337 e. The third kappa shape index (κ3) is 3.98. The summed E-state index contributed by atoms with van der Waals surface area (Å²) in [6.45, 7) is 4.31. The van der Waals surface area contributed by atoms with Gasteiger partial charge >= 0.3 is 5.97 Å². The standard InChI is InChI=1S/C7H7NO2.C5H11N/c1-5-6(7(9)10)3-2-4-8-5;1-6-4-2-3-5-6/h2-4H,1H3,(H,9,10);2-5H2,1H3. The van der Waals surface area contributed by atoms with Crippen LogP contribution in [0.4, 0.5) is 0 Å². The molecular weight excluding hydrogens is 204 g/mol. The highest BCUT2D eigenvalue weighted by Gasteiger charge is 2.04. The fourth-order valence-corrected chi connectivity index (χ4v) is 1.59. The molecule has 0 saturated carbocycles. The van der Waals surface area contributed by atoms with Crippen LogP contribution in [-0.4, -0.2) is 41.1 Å². The molecule has 0 aromatic carbocycles. The van der Waals surface area contributed by atoms with Crippen LogP contribution in [0.1, 0.15) is 28.9 Å². The van der Waals surface area contributed by atoms with Crippen molar-refractivity contribution in [1.29, 1.82) is 0 Å². The molecule has 0 atom stereocenters. The van der Waals surface area contributed by atoms with Gasteiger partial charge in [0.2, 0.25) is 0 Å². The SMILES string of the molecule is CN1CCCC1.Cc1ncccc1C(=O)O. The van der Waals surface area contributed by atoms with Gasteiger partial charge in [-0.25, -0.2) is 4.79 Å². The average molecular weight is 222 g/mol. The minimum absolute atomic E-state index is 0.266. The Labute approximate surface area is 95.9 Å². The second-order valence-electron chi connectivity index (χ2n) is 3.95. The maximum atomic E-state index is 10.4. The third-order valence-corrected chi connectivity index (χ3v) is 2.57. The first-order valence-corrected chi connectivity index (χ1v) is 5.44. The first-order valence-electron chi connectivity index (χ1n) is 5.44. The van der Waals surface area contributed by atoms with Crippen molar-refractivity contribution in [2.24, 2.45) is 0 Å². The number of carbonyl (C=O) groups is 1. The van der Waals surface area contributed by atoms with E-state index in [0.29, 0.717) is 5.69 Å². The van der Waals surface area contributed by atoms with E-state index in [1.54, 1.807) is 19.2 Å². The fraction of sp³-hybridized carbons (Fsp3) is 0.500. The van der Waals surface area contributed by atoms with Crippen molar-refractivity contribution < 1.29 is 9.90 Å². The highest BCUT2D eigenvalue weighted by molar-refractivity contribution is 5.88. The first kappa shape index (κ1) is 12.6. The Hall–Kier alpha value is -1.42. The monoisotopic (exact) mass is 222 g/mol. The van der Waals surface area contributed by atoms with Crippen LogP contribution in [0.25, 0.3) is 0 Å². The van der Waals surface area contributed by atoms with Gasteiger partial charge in [0.05, 0.1) is 11.3 Å². The van der Waals surface area contributed by atoms with Gasteiger partial charge < -0.3 is 10.0 Å². The van der Waals surface area contributed by atoms with Crippen molar-refractivity contribution in [1.82, 2.24) is 9.88 Å². The molecule has 1 aromatic heterocycles. The van der Waals surface area contributed by atoms with Crippen molar-refractivity contribution in [3.8, 4) is 0 Å². The molecule has 0 amide bonds. The Balaban J connectivity index is 0.000000181. The number of hydrogen-bond acceptors (Lipinski definition) is 3. The predicted octanol–water partition coefficient (Wildman–Crippen LogP) is 1.80. The zero-order chi connectivity index (χ0) is 12.0. The molecule has 1 saturated heterocycles. The van der Waals surface area contributed by atoms with Gasteiger partial charge in [-0.05, 0) is 52.0 Å². The van der Waals surface area contributed by atoms with Crippen LogP contribution < -0.4 is 0 Å². The summed E-state index contributed by atoms with van der Waals surface area (Å²) >= 11 is 0. The Morgan fingerprint density at radius 3 is 2.38 bits per heavy atom. The van der Waals surface area contributed by atoms with Crippen LogP contribution in [0, 0.1) is 6.92 Å². The van der Waals surface area contributed by atoms with Crippen LogP contribution in [-0.2, 0) is 0 Å². The fourth-order valence-electron chi connectivity index (χ4n) is 1.59. The molecule has 1 N–H and O–H groups in total. The van der Waals surface area contributed by atoms with Gasteiger partial charge in [-0.3, -0.25) is 4.98 Å². The highest BCUT2D eigenvalue weighted by Crippen LogP contribution is 2.02. The molecule has 0 spiro atoms. The summed E-state index contributed by atoms with van der Waals surface area (Å²) in [5.41, 5.74) is 0.817. The van der Waals surface area contributed by atoms with Gasteiger partial charge in [0.1, 0.15) is 0 Å². The number of likely N-dealkylation sites (tertiary alicyclic amines) is 1. The molecule has 0 radical (unpaired) electrons. The lowest BCUT2D eigenvalue weighted by atomic mass is 10.2. The molecule has 4 heteroatoms. The molecule has 0 unspecified atom stereocenters. The number of nitrogens with zero attached hydrogens (tertiary/aromatic N) is 2. The smallest absolute Gasteiger partial charge is 0.337 e. The molecule has 0 aliphatic carbocycles. The van der Waals surface area contributed by atoms with Gasteiger partial charge in [0, 0.05) is 6.20 Å². The Morgan fingerprint density at radius 1 is 1.44 bits per heavy atom. The van der Waals surface area contributed by atoms with Crippen molar-refractivity contribution >= 4 is 5.97 Å². The van der Waals surface area contributed by atoms with Crippen LogP contribution in [0.2, 0.25) is 0 Å². The number of rotatable bonds is 1. The number of aromatic carboxylic acids is 1. The zero-order valence-electron chi connectivity index (χ0n) is 9.81. The van der Waals surface area contributed by atoms with E-state index in [0.717, 1.165) is 0 Å². The Morgan fingerprint density at radius 2 is 2.06 bits per heavy atom. The second kappa shape index (κ2) is 6.23. The van der Waals surface area contributed by atoms with E-state index in [9.17, 15) is 4.79 Å². The average Bonchev–Trinajstić information content (AvgIpc) is 2.70. The number of aryl methyl sites for hydroxylation is 1. The van der Waals surface area contributed by atoms with Crippen molar-refractivity contribution in [2.75, 3.05) is 20.1 Å². The zero-order valence-corrected chi connectivity index (χ0v) is 9.81. The van der Waals surface area contributed by atoms with Crippen LogP contribution in [0.3, 0.4) is 0 Å². The molecule has 16 heavy (non-hydrogen) atoms. The van der Waals surface area contributed by atoms with E-state index >= 15 is 0 Å². The minimum Gasteiger partial charge on any atom is -0.478 e. The third-order valence-electron chi connectivity index (χ3n) is 2.57. The Kier molecular flexibility index (Phi) is 4.92. The lowest BCUT2D eigenvalue weighted by Crippen LogP contribution is -2.10. The van der Waals surface area contributed by atoms with Crippen molar-refractivity contribution in [3.63, 3.8) is 0 Å². The first-order chi connectivity index (χ1) is 7.61.